The zero-order chi connectivity index (χ0) is 11.5. The van der Waals surface area contributed by atoms with Gasteiger partial charge in [0.2, 0.25) is 0 Å². The van der Waals surface area contributed by atoms with Crippen LogP contribution >= 0.6 is 0 Å². The number of aryl methyl sites for hydroxylation is 1. The van der Waals surface area contributed by atoms with E-state index in [2.05, 4.69) is 23.2 Å². The molecule has 1 aliphatic rings. The van der Waals surface area contributed by atoms with E-state index in [1.54, 1.807) is 0 Å². The van der Waals surface area contributed by atoms with Gasteiger partial charge in [0.25, 0.3) is 0 Å². The van der Waals surface area contributed by atoms with Gasteiger partial charge in [-0.05, 0) is 32.2 Å². The molecule has 2 atom stereocenters. The molecule has 0 bridgehead atoms. The van der Waals surface area contributed by atoms with Crippen LogP contribution in [-0.4, -0.2) is 34.3 Å². The van der Waals surface area contributed by atoms with Crippen LogP contribution in [0.15, 0.2) is 12.4 Å². The maximum atomic E-state index is 5.92. The summed E-state index contributed by atoms with van der Waals surface area (Å²) in [7, 11) is 4.14. The average molecular weight is 222 g/mol. The third-order valence-electron chi connectivity index (χ3n) is 3.36. The van der Waals surface area contributed by atoms with E-state index >= 15 is 0 Å². The van der Waals surface area contributed by atoms with Crippen LogP contribution in [0.4, 0.5) is 0 Å². The smallest absolute Gasteiger partial charge is 0.0534 e. The van der Waals surface area contributed by atoms with Crippen molar-refractivity contribution < 1.29 is 0 Å². The van der Waals surface area contributed by atoms with Crippen molar-refractivity contribution in [2.75, 3.05) is 13.6 Å². The lowest BCUT2D eigenvalue weighted by molar-refractivity contribution is 0.270. The first-order chi connectivity index (χ1) is 7.63. The summed E-state index contributed by atoms with van der Waals surface area (Å²) in [4.78, 5) is 2.37. The van der Waals surface area contributed by atoms with Crippen LogP contribution in [0.2, 0.25) is 0 Å². The van der Waals surface area contributed by atoms with Crippen molar-refractivity contribution in [2.24, 2.45) is 18.7 Å². The lowest BCUT2D eigenvalue weighted by Gasteiger charge is -2.20. The number of aromatic nitrogens is 2. The lowest BCUT2D eigenvalue weighted by Crippen LogP contribution is -2.25. The Morgan fingerprint density at radius 1 is 1.56 bits per heavy atom. The highest BCUT2D eigenvalue weighted by molar-refractivity contribution is 5.03. The molecule has 0 saturated heterocycles. The first kappa shape index (κ1) is 11.6. The van der Waals surface area contributed by atoms with Crippen molar-refractivity contribution in [3.63, 3.8) is 0 Å². The van der Waals surface area contributed by atoms with Crippen molar-refractivity contribution in [1.82, 2.24) is 14.7 Å². The van der Waals surface area contributed by atoms with E-state index in [4.69, 9.17) is 5.73 Å². The summed E-state index contributed by atoms with van der Waals surface area (Å²) in [5, 5.41) is 4.18. The summed E-state index contributed by atoms with van der Waals surface area (Å²) in [6.07, 6.45) is 7.70. The summed E-state index contributed by atoms with van der Waals surface area (Å²) >= 11 is 0. The highest BCUT2D eigenvalue weighted by Gasteiger charge is 2.22. The van der Waals surface area contributed by atoms with Gasteiger partial charge in [0.05, 0.1) is 6.20 Å². The molecule has 1 aromatic heterocycles. The Morgan fingerprint density at radius 3 is 2.94 bits per heavy atom. The minimum absolute atomic E-state index is 0.441. The lowest BCUT2D eigenvalue weighted by atomic mass is 10.1. The summed E-state index contributed by atoms with van der Waals surface area (Å²) in [6, 6.07) is 0.441. The molecule has 0 spiro atoms. The second kappa shape index (κ2) is 4.97. The second-order valence-corrected chi connectivity index (χ2v) is 5.16. The van der Waals surface area contributed by atoms with Crippen LogP contribution in [0.3, 0.4) is 0 Å². The van der Waals surface area contributed by atoms with Gasteiger partial charge in [-0.3, -0.25) is 4.68 Å². The fourth-order valence-corrected chi connectivity index (χ4v) is 2.65. The number of hydrogen-bond donors (Lipinski definition) is 1. The molecule has 2 unspecified atom stereocenters. The number of rotatable bonds is 4. The normalized spacial score (nSPS) is 25.5. The minimum Gasteiger partial charge on any atom is -0.328 e. The molecular formula is C12H22N4. The topological polar surface area (TPSA) is 47.1 Å². The molecule has 4 nitrogen and oxygen atoms in total. The molecule has 0 aliphatic heterocycles. The fraction of sp³-hybridized carbons (Fsp3) is 0.750. The van der Waals surface area contributed by atoms with Crippen LogP contribution < -0.4 is 5.73 Å². The summed E-state index contributed by atoms with van der Waals surface area (Å²) in [6.45, 7) is 2.14. The van der Waals surface area contributed by atoms with E-state index in [9.17, 15) is 0 Å². The molecule has 16 heavy (non-hydrogen) atoms. The van der Waals surface area contributed by atoms with Gasteiger partial charge < -0.3 is 10.6 Å². The van der Waals surface area contributed by atoms with Crippen molar-refractivity contribution in [3.05, 3.63) is 18.0 Å². The molecule has 1 fully saturated rings. The number of hydrogen-bond acceptors (Lipinski definition) is 3. The highest BCUT2D eigenvalue weighted by Crippen LogP contribution is 2.24. The van der Waals surface area contributed by atoms with Gasteiger partial charge in [0, 0.05) is 37.9 Å². The minimum atomic E-state index is 0.441. The van der Waals surface area contributed by atoms with Crippen molar-refractivity contribution >= 4 is 0 Å². The van der Waals surface area contributed by atoms with Crippen LogP contribution in [-0.2, 0) is 13.6 Å². The zero-order valence-corrected chi connectivity index (χ0v) is 10.3. The van der Waals surface area contributed by atoms with E-state index in [1.165, 1.54) is 24.8 Å². The van der Waals surface area contributed by atoms with Crippen molar-refractivity contribution in [1.29, 1.82) is 0 Å². The van der Waals surface area contributed by atoms with E-state index < -0.39 is 0 Å². The maximum Gasteiger partial charge on any atom is 0.0534 e. The fourth-order valence-electron chi connectivity index (χ4n) is 2.65. The van der Waals surface area contributed by atoms with Gasteiger partial charge in [-0.1, -0.05) is 0 Å². The van der Waals surface area contributed by atoms with E-state index in [0.29, 0.717) is 6.04 Å². The first-order valence-corrected chi connectivity index (χ1v) is 6.05. The summed E-state index contributed by atoms with van der Waals surface area (Å²) in [5.74, 6) is 0.789. The molecule has 1 saturated carbocycles. The Hall–Kier alpha value is -0.870. The second-order valence-electron chi connectivity index (χ2n) is 5.16. The molecule has 0 aromatic carbocycles. The predicted molar refractivity (Wildman–Crippen MR) is 64.9 cm³/mol. The standard InChI is InChI=1S/C12H22N4/c1-15(7-10-3-4-12(13)5-10)8-11-6-14-16(2)9-11/h6,9-10,12H,3-5,7-8,13H2,1-2H3. The monoisotopic (exact) mass is 222 g/mol. The zero-order valence-electron chi connectivity index (χ0n) is 10.3. The van der Waals surface area contributed by atoms with Crippen molar-refractivity contribution in [2.45, 2.75) is 31.8 Å². The maximum absolute atomic E-state index is 5.92. The van der Waals surface area contributed by atoms with E-state index in [1.807, 2.05) is 17.9 Å². The third kappa shape index (κ3) is 3.06. The molecule has 4 heteroatoms. The van der Waals surface area contributed by atoms with Crippen LogP contribution in [0.5, 0.6) is 0 Å². The molecule has 1 heterocycles. The molecule has 1 aliphatic carbocycles. The van der Waals surface area contributed by atoms with Crippen LogP contribution in [0.25, 0.3) is 0 Å². The quantitative estimate of drug-likeness (QED) is 0.826. The molecule has 0 amide bonds. The van der Waals surface area contributed by atoms with Crippen LogP contribution in [0, 0.1) is 5.92 Å². The van der Waals surface area contributed by atoms with Gasteiger partial charge in [0.15, 0.2) is 0 Å². The molecule has 2 rings (SSSR count). The Bertz CT molecular complexity index is 334. The Balaban J connectivity index is 1.78. The molecule has 1 aromatic rings. The summed E-state index contributed by atoms with van der Waals surface area (Å²) < 4.78 is 1.86. The largest absolute Gasteiger partial charge is 0.328 e. The first-order valence-electron chi connectivity index (χ1n) is 6.05. The average Bonchev–Trinajstić information content (AvgIpc) is 2.76. The van der Waals surface area contributed by atoms with Gasteiger partial charge in [0.1, 0.15) is 0 Å². The van der Waals surface area contributed by atoms with Gasteiger partial charge in [-0.15, -0.1) is 0 Å². The van der Waals surface area contributed by atoms with Crippen LogP contribution in [0.1, 0.15) is 24.8 Å². The Morgan fingerprint density at radius 2 is 2.38 bits per heavy atom. The molecule has 0 radical (unpaired) electrons. The molecular weight excluding hydrogens is 200 g/mol. The number of nitrogens with two attached hydrogens (primary N) is 1. The Kier molecular flexibility index (Phi) is 3.61. The van der Waals surface area contributed by atoms with Gasteiger partial charge >= 0.3 is 0 Å². The van der Waals surface area contributed by atoms with Gasteiger partial charge in [-0.2, -0.15) is 5.10 Å². The van der Waals surface area contributed by atoms with Crippen molar-refractivity contribution in [3.8, 4) is 0 Å². The van der Waals surface area contributed by atoms with Gasteiger partial charge in [-0.25, -0.2) is 0 Å². The molecule has 2 N–H and O–H groups in total. The SMILES string of the molecule is CN(Cc1cnn(C)c1)CC1CCC(N)C1. The number of nitrogens with zero attached hydrogens (tertiary/aromatic N) is 3. The molecule has 90 valence electrons. The third-order valence-corrected chi connectivity index (χ3v) is 3.36. The summed E-state index contributed by atoms with van der Waals surface area (Å²) in [5.41, 5.74) is 7.21. The predicted octanol–water partition coefficient (Wildman–Crippen LogP) is 0.979. The Labute approximate surface area is 97.4 Å². The highest BCUT2D eigenvalue weighted by atomic mass is 15.2. The van der Waals surface area contributed by atoms with E-state index in [-0.39, 0.29) is 0 Å². The van der Waals surface area contributed by atoms with E-state index in [0.717, 1.165) is 19.0 Å².